The molecule has 3 nitrogen and oxygen atoms in total. The molecule has 0 spiro atoms. The third kappa shape index (κ3) is 2.13. The Hall–Kier alpha value is -0.730. The van der Waals surface area contributed by atoms with Gasteiger partial charge in [0.05, 0.1) is 0 Å². The Bertz CT molecular complexity index is 170. The number of nitrogens with one attached hydrogen (secondary N) is 1. The first-order valence-corrected chi connectivity index (χ1v) is 4.63. The normalized spacial score (nSPS) is 35.0. The highest BCUT2D eigenvalue weighted by Gasteiger charge is 2.30. The summed E-state index contributed by atoms with van der Waals surface area (Å²) in [5.74, 6) is 1.22. The van der Waals surface area contributed by atoms with E-state index in [0.717, 1.165) is 12.3 Å². The van der Waals surface area contributed by atoms with Gasteiger partial charge in [0.15, 0.2) is 0 Å². The standard InChI is InChI=1S/C9H17NO2/c1-3-7-4-6(2)8(5-7)10-9(11)12/h6-8,10H,3-5H2,1-2H3,(H,11,12). The van der Waals surface area contributed by atoms with Crippen molar-refractivity contribution in [3.8, 4) is 0 Å². The van der Waals surface area contributed by atoms with Crippen molar-refractivity contribution in [2.45, 2.75) is 39.2 Å². The maximum atomic E-state index is 10.4. The summed E-state index contributed by atoms with van der Waals surface area (Å²) >= 11 is 0. The van der Waals surface area contributed by atoms with Crippen molar-refractivity contribution in [3.05, 3.63) is 0 Å². The van der Waals surface area contributed by atoms with Gasteiger partial charge < -0.3 is 10.4 Å². The lowest BCUT2D eigenvalue weighted by molar-refractivity contribution is 0.187. The van der Waals surface area contributed by atoms with E-state index >= 15 is 0 Å². The molecule has 1 saturated carbocycles. The molecule has 3 atom stereocenters. The first kappa shape index (κ1) is 9.36. The largest absolute Gasteiger partial charge is 0.465 e. The van der Waals surface area contributed by atoms with Gasteiger partial charge in [-0.15, -0.1) is 0 Å². The van der Waals surface area contributed by atoms with E-state index in [-0.39, 0.29) is 6.04 Å². The second-order valence-electron chi connectivity index (χ2n) is 3.78. The minimum Gasteiger partial charge on any atom is -0.465 e. The maximum absolute atomic E-state index is 10.4. The molecule has 1 amide bonds. The van der Waals surface area contributed by atoms with Gasteiger partial charge in [-0.1, -0.05) is 20.3 Å². The third-order valence-corrected chi connectivity index (χ3v) is 2.87. The molecule has 0 bridgehead atoms. The van der Waals surface area contributed by atoms with Crippen LogP contribution >= 0.6 is 0 Å². The summed E-state index contributed by atoms with van der Waals surface area (Å²) in [7, 11) is 0. The molecule has 0 heterocycles. The quantitative estimate of drug-likeness (QED) is 0.668. The number of hydrogen-bond donors (Lipinski definition) is 2. The Morgan fingerprint density at radius 2 is 2.25 bits per heavy atom. The minimum atomic E-state index is -0.886. The summed E-state index contributed by atoms with van der Waals surface area (Å²) in [6.07, 6.45) is 2.47. The fraction of sp³-hybridized carbons (Fsp3) is 0.889. The smallest absolute Gasteiger partial charge is 0.404 e. The summed E-state index contributed by atoms with van der Waals surface area (Å²) in [6.45, 7) is 4.29. The first-order chi connectivity index (χ1) is 5.63. The highest BCUT2D eigenvalue weighted by atomic mass is 16.4. The minimum absolute atomic E-state index is 0.187. The molecule has 2 N–H and O–H groups in total. The Balaban J connectivity index is 2.40. The van der Waals surface area contributed by atoms with Crippen molar-refractivity contribution in [3.63, 3.8) is 0 Å². The molecule has 1 fully saturated rings. The lowest BCUT2D eigenvalue weighted by Crippen LogP contribution is -2.35. The number of rotatable bonds is 2. The highest BCUT2D eigenvalue weighted by molar-refractivity contribution is 5.64. The Kier molecular flexibility index (Phi) is 2.95. The van der Waals surface area contributed by atoms with Gasteiger partial charge in [0, 0.05) is 6.04 Å². The van der Waals surface area contributed by atoms with Crippen LogP contribution in [0.15, 0.2) is 0 Å². The van der Waals surface area contributed by atoms with Crippen LogP contribution in [0.25, 0.3) is 0 Å². The summed E-state index contributed by atoms with van der Waals surface area (Å²) in [4.78, 5) is 10.4. The van der Waals surface area contributed by atoms with E-state index in [2.05, 4.69) is 19.2 Å². The molecule has 0 aromatic carbocycles. The summed E-state index contributed by atoms with van der Waals surface area (Å²) in [5.41, 5.74) is 0. The van der Waals surface area contributed by atoms with Crippen molar-refractivity contribution in [2.75, 3.05) is 0 Å². The van der Waals surface area contributed by atoms with Gasteiger partial charge >= 0.3 is 6.09 Å². The van der Waals surface area contributed by atoms with E-state index in [4.69, 9.17) is 5.11 Å². The van der Waals surface area contributed by atoms with Gasteiger partial charge in [-0.05, 0) is 24.7 Å². The summed E-state index contributed by atoms with van der Waals surface area (Å²) in [5, 5.41) is 11.1. The van der Waals surface area contributed by atoms with E-state index in [1.165, 1.54) is 12.8 Å². The summed E-state index contributed by atoms with van der Waals surface area (Å²) < 4.78 is 0. The monoisotopic (exact) mass is 171 g/mol. The van der Waals surface area contributed by atoms with Crippen LogP contribution < -0.4 is 5.32 Å². The van der Waals surface area contributed by atoms with E-state index < -0.39 is 6.09 Å². The van der Waals surface area contributed by atoms with Gasteiger partial charge in [-0.25, -0.2) is 4.79 Å². The molecule has 0 aliphatic heterocycles. The predicted molar refractivity (Wildman–Crippen MR) is 47.1 cm³/mol. The van der Waals surface area contributed by atoms with Crippen molar-refractivity contribution in [1.29, 1.82) is 0 Å². The number of amides is 1. The van der Waals surface area contributed by atoms with Crippen LogP contribution in [0.3, 0.4) is 0 Å². The Morgan fingerprint density at radius 3 is 2.67 bits per heavy atom. The Labute approximate surface area is 73.2 Å². The van der Waals surface area contributed by atoms with Crippen molar-refractivity contribution in [1.82, 2.24) is 5.32 Å². The molecular weight excluding hydrogens is 154 g/mol. The fourth-order valence-corrected chi connectivity index (χ4v) is 2.07. The maximum Gasteiger partial charge on any atom is 0.404 e. The average Bonchev–Trinajstić information content (AvgIpc) is 2.31. The van der Waals surface area contributed by atoms with Crippen LogP contribution in [0.4, 0.5) is 4.79 Å². The Morgan fingerprint density at radius 1 is 1.58 bits per heavy atom. The topological polar surface area (TPSA) is 49.3 Å². The summed E-state index contributed by atoms with van der Waals surface area (Å²) in [6, 6.07) is 0.187. The molecule has 1 aliphatic rings. The molecular formula is C9H17NO2. The van der Waals surface area contributed by atoms with Gasteiger partial charge in [-0.2, -0.15) is 0 Å². The molecule has 70 valence electrons. The van der Waals surface area contributed by atoms with Crippen LogP contribution in [-0.2, 0) is 0 Å². The molecule has 0 aromatic rings. The van der Waals surface area contributed by atoms with Crippen LogP contribution in [0.5, 0.6) is 0 Å². The number of carbonyl (C=O) groups is 1. The molecule has 0 aromatic heterocycles. The number of hydrogen-bond acceptors (Lipinski definition) is 1. The zero-order chi connectivity index (χ0) is 9.14. The fourth-order valence-electron chi connectivity index (χ4n) is 2.07. The molecule has 0 radical (unpaired) electrons. The first-order valence-electron chi connectivity index (χ1n) is 4.63. The van der Waals surface area contributed by atoms with Crippen LogP contribution in [0, 0.1) is 11.8 Å². The second kappa shape index (κ2) is 3.78. The van der Waals surface area contributed by atoms with E-state index in [0.29, 0.717) is 5.92 Å². The van der Waals surface area contributed by atoms with E-state index in [9.17, 15) is 4.79 Å². The third-order valence-electron chi connectivity index (χ3n) is 2.87. The molecule has 3 heteroatoms. The van der Waals surface area contributed by atoms with Crippen molar-refractivity contribution >= 4 is 6.09 Å². The molecule has 12 heavy (non-hydrogen) atoms. The molecule has 3 unspecified atom stereocenters. The second-order valence-corrected chi connectivity index (χ2v) is 3.78. The zero-order valence-electron chi connectivity index (χ0n) is 7.71. The lowest BCUT2D eigenvalue weighted by Gasteiger charge is -2.14. The average molecular weight is 171 g/mol. The molecule has 0 saturated heterocycles. The van der Waals surface area contributed by atoms with Gasteiger partial charge in [0.1, 0.15) is 0 Å². The van der Waals surface area contributed by atoms with E-state index in [1.807, 2.05) is 0 Å². The zero-order valence-corrected chi connectivity index (χ0v) is 7.71. The highest BCUT2D eigenvalue weighted by Crippen LogP contribution is 2.32. The molecule has 1 aliphatic carbocycles. The lowest BCUT2D eigenvalue weighted by atomic mass is 10.0. The number of carboxylic acid groups (broad SMARTS) is 1. The van der Waals surface area contributed by atoms with Crippen LogP contribution in [0.1, 0.15) is 33.1 Å². The SMILES string of the molecule is CCC1CC(C)C(NC(=O)O)C1. The van der Waals surface area contributed by atoms with Crippen LogP contribution in [0.2, 0.25) is 0 Å². The van der Waals surface area contributed by atoms with Gasteiger partial charge in [0.25, 0.3) is 0 Å². The van der Waals surface area contributed by atoms with Crippen molar-refractivity contribution < 1.29 is 9.90 Å². The predicted octanol–water partition coefficient (Wildman–Crippen LogP) is 2.08. The van der Waals surface area contributed by atoms with Gasteiger partial charge in [0.2, 0.25) is 0 Å². The van der Waals surface area contributed by atoms with Crippen molar-refractivity contribution in [2.24, 2.45) is 11.8 Å². The van der Waals surface area contributed by atoms with Gasteiger partial charge in [-0.3, -0.25) is 0 Å². The van der Waals surface area contributed by atoms with E-state index in [1.54, 1.807) is 0 Å². The molecule has 1 rings (SSSR count). The van der Waals surface area contributed by atoms with Crippen LogP contribution in [-0.4, -0.2) is 17.2 Å².